The lowest BCUT2D eigenvalue weighted by molar-refractivity contribution is -0.117. The van der Waals surface area contributed by atoms with Crippen molar-refractivity contribution in [2.45, 2.75) is 32.7 Å². The number of aliphatic hydroxyl groups excluding tert-OH is 1. The van der Waals surface area contributed by atoms with Gasteiger partial charge in [0.1, 0.15) is 0 Å². The number of nitrogens with zero attached hydrogens (tertiary/aromatic N) is 2. The van der Waals surface area contributed by atoms with Gasteiger partial charge >= 0.3 is 0 Å². The van der Waals surface area contributed by atoms with E-state index in [1.807, 2.05) is 29.2 Å². The van der Waals surface area contributed by atoms with Crippen LogP contribution in [-0.4, -0.2) is 40.6 Å². The van der Waals surface area contributed by atoms with Crippen LogP contribution in [0.5, 0.6) is 0 Å². The van der Waals surface area contributed by atoms with Crippen LogP contribution >= 0.6 is 0 Å². The maximum atomic E-state index is 12.3. The predicted molar refractivity (Wildman–Crippen MR) is 100 cm³/mol. The van der Waals surface area contributed by atoms with E-state index in [4.69, 9.17) is 0 Å². The summed E-state index contributed by atoms with van der Waals surface area (Å²) in [7, 11) is 0. The van der Waals surface area contributed by atoms with Crippen LogP contribution in [0, 0.1) is 0 Å². The number of carbonyl (C=O) groups is 1. The van der Waals surface area contributed by atoms with Crippen LogP contribution < -0.4 is 5.32 Å². The minimum atomic E-state index is -0.0892. The minimum absolute atomic E-state index is 0.0111. The molecule has 5 heteroatoms. The lowest BCUT2D eigenvalue weighted by atomic mass is 9.99. The zero-order chi connectivity index (χ0) is 18.1. The summed E-state index contributed by atoms with van der Waals surface area (Å²) >= 11 is 0. The van der Waals surface area contributed by atoms with Gasteiger partial charge in [-0.15, -0.1) is 0 Å². The van der Waals surface area contributed by atoms with Gasteiger partial charge < -0.3 is 10.4 Å². The average Bonchev–Trinajstić information content (AvgIpc) is 2.62. The van der Waals surface area contributed by atoms with Gasteiger partial charge in [0.2, 0.25) is 5.91 Å². The Labute approximate surface area is 149 Å². The van der Waals surface area contributed by atoms with Gasteiger partial charge in [0, 0.05) is 31.2 Å². The number of anilines is 1. The molecule has 0 spiro atoms. The van der Waals surface area contributed by atoms with Gasteiger partial charge in [0.05, 0.1) is 13.2 Å². The SMILES string of the molecule is CCC(C)c1ccc(NC(=O)CN(CCO)Cc2cccnc2)cc1. The fraction of sp³-hybridized carbons (Fsp3) is 0.400. The third-order valence-electron chi connectivity index (χ3n) is 4.29. The molecule has 2 rings (SSSR count). The maximum Gasteiger partial charge on any atom is 0.238 e. The lowest BCUT2D eigenvalue weighted by Gasteiger charge is -2.20. The van der Waals surface area contributed by atoms with Crippen molar-refractivity contribution >= 4 is 11.6 Å². The third kappa shape index (κ3) is 6.29. The Hall–Kier alpha value is -2.24. The van der Waals surface area contributed by atoms with Gasteiger partial charge in [-0.25, -0.2) is 0 Å². The molecule has 0 aliphatic rings. The average molecular weight is 341 g/mol. The minimum Gasteiger partial charge on any atom is -0.395 e. The molecule has 0 aliphatic heterocycles. The Morgan fingerprint density at radius 2 is 2.04 bits per heavy atom. The summed E-state index contributed by atoms with van der Waals surface area (Å²) in [6.07, 6.45) is 4.59. The quantitative estimate of drug-likeness (QED) is 0.736. The smallest absolute Gasteiger partial charge is 0.238 e. The number of rotatable bonds is 9. The molecular formula is C20H27N3O2. The summed E-state index contributed by atoms with van der Waals surface area (Å²) in [4.78, 5) is 18.3. The van der Waals surface area contributed by atoms with Crippen LogP contribution in [-0.2, 0) is 11.3 Å². The van der Waals surface area contributed by atoms with E-state index in [0.29, 0.717) is 19.0 Å². The van der Waals surface area contributed by atoms with Crippen molar-refractivity contribution in [3.8, 4) is 0 Å². The van der Waals surface area contributed by atoms with Gasteiger partial charge in [-0.2, -0.15) is 0 Å². The Bertz CT molecular complexity index is 644. The largest absolute Gasteiger partial charge is 0.395 e. The van der Waals surface area contributed by atoms with Crippen molar-refractivity contribution in [2.24, 2.45) is 0 Å². The Balaban J connectivity index is 1.92. The molecule has 0 bridgehead atoms. The highest BCUT2D eigenvalue weighted by atomic mass is 16.3. The van der Waals surface area contributed by atoms with Crippen molar-refractivity contribution in [2.75, 3.05) is 25.0 Å². The highest BCUT2D eigenvalue weighted by Crippen LogP contribution is 2.20. The lowest BCUT2D eigenvalue weighted by Crippen LogP contribution is -2.34. The van der Waals surface area contributed by atoms with Gasteiger partial charge in [0.25, 0.3) is 0 Å². The second-order valence-electron chi connectivity index (χ2n) is 6.28. The summed E-state index contributed by atoms with van der Waals surface area (Å²) in [5.41, 5.74) is 3.09. The summed E-state index contributed by atoms with van der Waals surface area (Å²) in [6, 6.07) is 11.8. The van der Waals surface area contributed by atoms with Crippen LogP contribution in [0.4, 0.5) is 5.69 Å². The van der Waals surface area contributed by atoms with E-state index in [0.717, 1.165) is 17.7 Å². The van der Waals surface area contributed by atoms with E-state index in [1.54, 1.807) is 12.4 Å². The molecule has 5 nitrogen and oxygen atoms in total. The molecule has 134 valence electrons. The Kier molecular flexibility index (Phi) is 7.57. The molecule has 0 radical (unpaired) electrons. The zero-order valence-corrected chi connectivity index (χ0v) is 15.0. The second kappa shape index (κ2) is 9.91. The zero-order valence-electron chi connectivity index (χ0n) is 15.0. The van der Waals surface area contributed by atoms with E-state index in [1.165, 1.54) is 5.56 Å². The number of hydrogen-bond donors (Lipinski definition) is 2. The molecule has 1 unspecified atom stereocenters. The second-order valence-corrected chi connectivity index (χ2v) is 6.28. The summed E-state index contributed by atoms with van der Waals surface area (Å²) in [6.45, 7) is 5.61. The van der Waals surface area contributed by atoms with E-state index in [9.17, 15) is 9.90 Å². The molecule has 0 aliphatic carbocycles. The van der Waals surface area contributed by atoms with Gasteiger partial charge in [-0.3, -0.25) is 14.7 Å². The molecule has 1 aromatic heterocycles. The molecule has 0 saturated heterocycles. The Morgan fingerprint density at radius 1 is 1.28 bits per heavy atom. The first-order valence-corrected chi connectivity index (χ1v) is 8.74. The van der Waals surface area contributed by atoms with E-state index in [2.05, 4.69) is 36.3 Å². The van der Waals surface area contributed by atoms with Crippen LogP contribution in [0.1, 0.15) is 37.3 Å². The predicted octanol–water partition coefficient (Wildman–Crippen LogP) is 3.03. The van der Waals surface area contributed by atoms with E-state index in [-0.39, 0.29) is 19.1 Å². The number of hydrogen-bond acceptors (Lipinski definition) is 4. The number of amides is 1. The first-order valence-electron chi connectivity index (χ1n) is 8.74. The van der Waals surface area contributed by atoms with Crippen molar-refractivity contribution in [1.29, 1.82) is 0 Å². The number of aromatic nitrogens is 1. The fourth-order valence-electron chi connectivity index (χ4n) is 2.64. The number of nitrogens with one attached hydrogen (secondary N) is 1. The van der Waals surface area contributed by atoms with Crippen LogP contribution in [0.15, 0.2) is 48.8 Å². The van der Waals surface area contributed by atoms with Crippen LogP contribution in [0.2, 0.25) is 0 Å². The van der Waals surface area contributed by atoms with Crippen molar-refractivity contribution in [3.05, 3.63) is 59.9 Å². The summed E-state index contributed by atoms with van der Waals surface area (Å²) in [5, 5.41) is 12.2. The monoisotopic (exact) mass is 341 g/mol. The topological polar surface area (TPSA) is 65.5 Å². The number of benzene rings is 1. The molecule has 1 amide bonds. The molecule has 2 aromatic rings. The van der Waals surface area contributed by atoms with Gasteiger partial charge in [0.15, 0.2) is 0 Å². The van der Waals surface area contributed by atoms with Crippen molar-refractivity contribution in [1.82, 2.24) is 9.88 Å². The number of carbonyl (C=O) groups excluding carboxylic acids is 1. The molecule has 25 heavy (non-hydrogen) atoms. The molecule has 0 saturated carbocycles. The fourth-order valence-corrected chi connectivity index (χ4v) is 2.64. The molecule has 1 aromatic carbocycles. The number of pyridine rings is 1. The highest BCUT2D eigenvalue weighted by molar-refractivity contribution is 5.92. The first-order chi connectivity index (χ1) is 12.1. The molecule has 0 fully saturated rings. The van der Waals surface area contributed by atoms with E-state index < -0.39 is 0 Å². The van der Waals surface area contributed by atoms with E-state index >= 15 is 0 Å². The van der Waals surface area contributed by atoms with Crippen molar-refractivity contribution in [3.63, 3.8) is 0 Å². The molecule has 2 N–H and O–H groups in total. The molecule has 1 atom stereocenters. The third-order valence-corrected chi connectivity index (χ3v) is 4.29. The first kappa shape index (κ1) is 19.1. The van der Waals surface area contributed by atoms with Gasteiger partial charge in [-0.1, -0.05) is 32.0 Å². The standard InChI is InChI=1S/C20H27N3O2/c1-3-16(2)18-6-8-19(9-7-18)22-20(25)15-23(11-12-24)14-17-5-4-10-21-13-17/h4-10,13,16,24H,3,11-12,14-15H2,1-2H3,(H,22,25). The van der Waals surface area contributed by atoms with Crippen LogP contribution in [0.3, 0.4) is 0 Å². The maximum absolute atomic E-state index is 12.3. The summed E-state index contributed by atoms with van der Waals surface area (Å²) in [5.74, 6) is 0.429. The molecular weight excluding hydrogens is 314 g/mol. The van der Waals surface area contributed by atoms with Gasteiger partial charge in [-0.05, 0) is 41.7 Å². The summed E-state index contributed by atoms with van der Waals surface area (Å²) < 4.78 is 0. The molecule has 1 heterocycles. The number of aliphatic hydroxyl groups is 1. The highest BCUT2D eigenvalue weighted by Gasteiger charge is 2.12. The van der Waals surface area contributed by atoms with Crippen molar-refractivity contribution < 1.29 is 9.90 Å². The normalized spacial score (nSPS) is 12.2. The van der Waals surface area contributed by atoms with Crippen LogP contribution in [0.25, 0.3) is 0 Å². The Morgan fingerprint density at radius 3 is 2.64 bits per heavy atom.